The lowest BCUT2D eigenvalue weighted by Crippen LogP contribution is -2.38. The molecule has 0 bridgehead atoms. The summed E-state index contributed by atoms with van der Waals surface area (Å²) in [6, 6.07) is 18.5. The molecule has 130 valence electrons. The summed E-state index contributed by atoms with van der Waals surface area (Å²) in [5, 5.41) is 10.1. The maximum absolute atomic E-state index is 6.09. The first-order chi connectivity index (χ1) is 12.8. The molecule has 0 amide bonds. The van der Waals surface area contributed by atoms with Crippen LogP contribution in [0, 0.1) is 0 Å². The van der Waals surface area contributed by atoms with Crippen LogP contribution in [-0.4, -0.2) is 15.2 Å². The van der Waals surface area contributed by atoms with Crippen molar-refractivity contribution in [2.75, 3.05) is 0 Å². The van der Waals surface area contributed by atoms with Gasteiger partial charge in [-0.25, -0.2) is 4.98 Å². The normalized spacial score (nSPS) is 18.3. The van der Waals surface area contributed by atoms with Crippen LogP contribution in [-0.2, 0) is 5.41 Å². The minimum Gasteiger partial charge on any atom is -0.228 e. The number of hydrogen-bond donors (Lipinski definition) is 0. The minimum atomic E-state index is -0.122. The number of aromatic nitrogens is 3. The maximum atomic E-state index is 6.09. The molecule has 5 rings (SSSR count). The van der Waals surface area contributed by atoms with E-state index in [0.717, 1.165) is 40.6 Å². The first-order valence-electron chi connectivity index (χ1n) is 9.33. The molecule has 2 saturated carbocycles. The third-order valence-corrected chi connectivity index (χ3v) is 6.01. The van der Waals surface area contributed by atoms with Gasteiger partial charge in [0.05, 0.1) is 16.8 Å². The van der Waals surface area contributed by atoms with Crippen molar-refractivity contribution < 1.29 is 0 Å². The summed E-state index contributed by atoms with van der Waals surface area (Å²) in [5.74, 6) is 1.38. The van der Waals surface area contributed by atoms with Crippen molar-refractivity contribution in [3.63, 3.8) is 0 Å². The van der Waals surface area contributed by atoms with Gasteiger partial charge in [-0.1, -0.05) is 60.5 Å². The molecule has 0 radical (unpaired) electrons. The zero-order valence-corrected chi connectivity index (χ0v) is 15.3. The van der Waals surface area contributed by atoms with Crippen LogP contribution in [0.15, 0.2) is 54.6 Å². The molecule has 1 aromatic heterocycles. The molecule has 1 heterocycles. The Morgan fingerprint density at radius 1 is 0.885 bits per heavy atom. The van der Waals surface area contributed by atoms with Crippen LogP contribution in [0.25, 0.3) is 11.3 Å². The fourth-order valence-corrected chi connectivity index (χ4v) is 4.04. The monoisotopic (exact) mass is 361 g/mol. The molecule has 0 N–H and O–H groups in total. The van der Waals surface area contributed by atoms with Gasteiger partial charge in [0.25, 0.3) is 0 Å². The first kappa shape index (κ1) is 16.0. The molecule has 2 aromatic carbocycles. The van der Waals surface area contributed by atoms with E-state index in [2.05, 4.69) is 46.6 Å². The van der Waals surface area contributed by atoms with Crippen LogP contribution in [0.1, 0.15) is 55.1 Å². The number of rotatable bonds is 4. The molecule has 26 heavy (non-hydrogen) atoms. The Hall–Kier alpha value is -2.26. The van der Waals surface area contributed by atoms with Gasteiger partial charge >= 0.3 is 0 Å². The van der Waals surface area contributed by atoms with Crippen molar-refractivity contribution in [3.05, 3.63) is 76.7 Å². The van der Waals surface area contributed by atoms with Crippen LogP contribution in [0.5, 0.6) is 0 Å². The summed E-state index contributed by atoms with van der Waals surface area (Å²) >= 11 is 6.09. The zero-order valence-electron chi connectivity index (χ0n) is 14.5. The lowest BCUT2D eigenvalue weighted by Gasteiger charge is -2.40. The largest absolute Gasteiger partial charge is 0.228 e. The van der Waals surface area contributed by atoms with Gasteiger partial charge in [0.1, 0.15) is 0 Å². The van der Waals surface area contributed by atoms with Crippen molar-refractivity contribution >= 4 is 11.6 Å². The molecule has 0 aliphatic heterocycles. The Kier molecular flexibility index (Phi) is 3.79. The molecule has 4 heteroatoms. The molecule has 2 aliphatic rings. The Balaban J connectivity index is 1.64. The van der Waals surface area contributed by atoms with Crippen LogP contribution >= 0.6 is 11.6 Å². The fourth-order valence-electron chi connectivity index (χ4n) is 3.92. The highest BCUT2D eigenvalue weighted by Gasteiger charge is 2.44. The fraction of sp³-hybridized carbons (Fsp3) is 0.318. The van der Waals surface area contributed by atoms with E-state index in [1.54, 1.807) is 0 Å². The van der Waals surface area contributed by atoms with Crippen molar-refractivity contribution in [3.8, 4) is 11.3 Å². The van der Waals surface area contributed by atoms with Gasteiger partial charge in [0, 0.05) is 16.5 Å². The van der Waals surface area contributed by atoms with Gasteiger partial charge in [0.15, 0.2) is 5.82 Å². The Bertz CT molecular complexity index is 929. The molecule has 0 atom stereocenters. The summed E-state index contributed by atoms with van der Waals surface area (Å²) in [5.41, 5.74) is 4.33. The molecular formula is C22H20ClN3. The number of halogens is 1. The highest BCUT2D eigenvalue weighted by atomic mass is 35.5. The predicted molar refractivity (Wildman–Crippen MR) is 103 cm³/mol. The summed E-state index contributed by atoms with van der Waals surface area (Å²) in [6.07, 6.45) is 5.70. The average molecular weight is 362 g/mol. The smallest absolute Gasteiger partial charge is 0.162 e. The highest BCUT2D eigenvalue weighted by Crippen LogP contribution is 2.49. The van der Waals surface area contributed by atoms with Crippen LogP contribution in [0.2, 0.25) is 5.02 Å². The molecule has 3 aromatic rings. The van der Waals surface area contributed by atoms with Crippen molar-refractivity contribution in [1.82, 2.24) is 15.2 Å². The molecular weight excluding hydrogens is 342 g/mol. The van der Waals surface area contributed by atoms with E-state index in [1.165, 1.54) is 24.8 Å². The van der Waals surface area contributed by atoms with Crippen molar-refractivity contribution in [2.24, 2.45) is 0 Å². The van der Waals surface area contributed by atoms with Gasteiger partial charge in [-0.15, -0.1) is 5.10 Å². The van der Waals surface area contributed by atoms with Gasteiger partial charge in [-0.3, -0.25) is 0 Å². The van der Waals surface area contributed by atoms with E-state index in [1.807, 2.05) is 18.2 Å². The second-order valence-electron chi connectivity index (χ2n) is 7.45. The van der Waals surface area contributed by atoms with Crippen LogP contribution in [0.3, 0.4) is 0 Å². The first-order valence-corrected chi connectivity index (χ1v) is 9.71. The van der Waals surface area contributed by atoms with Gasteiger partial charge in [-0.2, -0.15) is 5.10 Å². The summed E-state index contributed by atoms with van der Waals surface area (Å²) < 4.78 is 0. The summed E-state index contributed by atoms with van der Waals surface area (Å²) in [4.78, 5) is 5.09. The second kappa shape index (κ2) is 6.17. The average Bonchev–Trinajstić information content (AvgIpc) is 3.48. The number of nitrogens with zero attached hydrogens (tertiary/aromatic N) is 3. The third kappa shape index (κ3) is 2.62. The maximum Gasteiger partial charge on any atom is 0.162 e. The van der Waals surface area contributed by atoms with Gasteiger partial charge < -0.3 is 0 Å². The number of hydrogen-bond acceptors (Lipinski definition) is 3. The molecule has 3 nitrogen and oxygen atoms in total. The SMILES string of the molecule is Clc1ccc(C2(c3nnc(C4CC4)c(-c4ccccc4)n3)CCC2)cc1. The zero-order chi connectivity index (χ0) is 17.6. The molecule has 0 spiro atoms. The minimum absolute atomic E-state index is 0.122. The second-order valence-corrected chi connectivity index (χ2v) is 7.89. The molecule has 2 fully saturated rings. The van der Waals surface area contributed by atoms with Crippen molar-refractivity contribution in [1.29, 1.82) is 0 Å². The van der Waals surface area contributed by atoms with E-state index < -0.39 is 0 Å². The quantitative estimate of drug-likeness (QED) is 0.612. The summed E-state index contributed by atoms with van der Waals surface area (Å²) in [7, 11) is 0. The van der Waals surface area contributed by atoms with Crippen LogP contribution in [0.4, 0.5) is 0 Å². The molecule has 0 saturated heterocycles. The van der Waals surface area contributed by atoms with E-state index in [9.17, 15) is 0 Å². The van der Waals surface area contributed by atoms with Gasteiger partial charge in [-0.05, 0) is 43.4 Å². The predicted octanol–water partition coefficient (Wildman–Crippen LogP) is 5.54. The standard InChI is InChI=1S/C22H20ClN3/c23-18-11-9-17(10-12-18)22(13-4-14-22)21-24-19(15-5-2-1-3-6-15)20(25-26-21)16-7-8-16/h1-3,5-6,9-12,16H,4,7-8,13-14H2. The van der Waals surface area contributed by atoms with E-state index >= 15 is 0 Å². The van der Waals surface area contributed by atoms with Gasteiger partial charge in [0.2, 0.25) is 0 Å². The summed E-state index contributed by atoms with van der Waals surface area (Å²) in [6.45, 7) is 0. The van der Waals surface area contributed by atoms with E-state index in [4.69, 9.17) is 16.6 Å². The van der Waals surface area contributed by atoms with Crippen molar-refractivity contribution in [2.45, 2.75) is 43.4 Å². The lowest BCUT2D eigenvalue weighted by molar-refractivity contribution is 0.282. The van der Waals surface area contributed by atoms with E-state index in [-0.39, 0.29) is 5.41 Å². The number of benzene rings is 2. The van der Waals surface area contributed by atoms with E-state index in [0.29, 0.717) is 5.92 Å². The Morgan fingerprint density at radius 2 is 1.62 bits per heavy atom. The third-order valence-electron chi connectivity index (χ3n) is 5.76. The lowest BCUT2D eigenvalue weighted by atomic mass is 9.64. The topological polar surface area (TPSA) is 38.7 Å². The van der Waals surface area contributed by atoms with Crippen LogP contribution < -0.4 is 0 Å². The molecule has 0 unspecified atom stereocenters. The molecule has 2 aliphatic carbocycles. The highest BCUT2D eigenvalue weighted by molar-refractivity contribution is 6.30. The Morgan fingerprint density at radius 3 is 2.23 bits per heavy atom. The Labute approximate surface area is 158 Å².